The smallest absolute Gasteiger partial charge is 0.0394 e. The maximum absolute atomic E-state index is 6.02. The molecule has 0 saturated carbocycles. The van der Waals surface area contributed by atoms with Crippen molar-refractivity contribution in [3.8, 4) is 12.3 Å². The van der Waals surface area contributed by atoms with Crippen LogP contribution in [0.4, 0.5) is 5.69 Å². The Labute approximate surface area is 103 Å². The number of hydrogen-bond acceptors (Lipinski definition) is 1. The van der Waals surface area contributed by atoms with Gasteiger partial charge in [-0.15, -0.1) is 6.42 Å². The highest BCUT2D eigenvalue weighted by atomic mass is 14.6. The zero-order chi connectivity index (χ0) is 12.6. The van der Waals surface area contributed by atoms with E-state index in [2.05, 4.69) is 32.8 Å². The summed E-state index contributed by atoms with van der Waals surface area (Å²) in [7, 11) is 0. The van der Waals surface area contributed by atoms with Crippen LogP contribution in [0, 0.1) is 12.3 Å². The SMILES string of the molecule is C#Cc1cccc2c(N)ccc(C(C)(C)C)c12. The van der Waals surface area contributed by atoms with Crippen molar-refractivity contribution in [2.75, 3.05) is 5.73 Å². The number of rotatable bonds is 0. The van der Waals surface area contributed by atoms with Crippen LogP contribution in [0.5, 0.6) is 0 Å². The average Bonchev–Trinajstić information content (AvgIpc) is 2.27. The van der Waals surface area contributed by atoms with Crippen molar-refractivity contribution in [2.24, 2.45) is 0 Å². The molecule has 0 atom stereocenters. The molecule has 0 spiro atoms. The minimum Gasteiger partial charge on any atom is -0.398 e. The molecule has 86 valence electrons. The number of terminal acetylenes is 1. The van der Waals surface area contributed by atoms with Crippen LogP contribution >= 0.6 is 0 Å². The molecule has 0 bridgehead atoms. The first kappa shape index (κ1) is 11.5. The molecule has 0 unspecified atom stereocenters. The zero-order valence-corrected chi connectivity index (χ0v) is 10.5. The molecule has 2 N–H and O–H groups in total. The molecule has 0 saturated heterocycles. The molecular formula is C16H17N. The molecule has 2 aromatic rings. The van der Waals surface area contributed by atoms with E-state index >= 15 is 0 Å². The van der Waals surface area contributed by atoms with Crippen molar-refractivity contribution >= 4 is 16.5 Å². The molecule has 17 heavy (non-hydrogen) atoms. The number of nitrogen functional groups attached to an aromatic ring is 1. The molecule has 0 aromatic heterocycles. The summed E-state index contributed by atoms with van der Waals surface area (Å²) in [5.41, 5.74) is 9.02. The van der Waals surface area contributed by atoms with Gasteiger partial charge in [-0.25, -0.2) is 0 Å². The molecule has 0 aliphatic carbocycles. The molecule has 1 nitrogen and oxygen atoms in total. The molecular weight excluding hydrogens is 206 g/mol. The number of fused-ring (bicyclic) bond motifs is 1. The molecule has 0 amide bonds. The quantitative estimate of drug-likeness (QED) is 0.535. The third kappa shape index (κ3) is 1.87. The van der Waals surface area contributed by atoms with Gasteiger partial charge in [0.05, 0.1) is 0 Å². The molecule has 2 aromatic carbocycles. The Morgan fingerprint density at radius 2 is 1.82 bits per heavy atom. The Bertz CT molecular complexity index is 610. The van der Waals surface area contributed by atoms with Crippen molar-refractivity contribution in [1.29, 1.82) is 0 Å². The highest BCUT2D eigenvalue weighted by Crippen LogP contribution is 2.34. The fourth-order valence-corrected chi connectivity index (χ4v) is 2.17. The minimum absolute atomic E-state index is 0.0545. The maximum Gasteiger partial charge on any atom is 0.0394 e. The summed E-state index contributed by atoms with van der Waals surface area (Å²) in [6.45, 7) is 6.56. The highest BCUT2D eigenvalue weighted by molar-refractivity contribution is 5.99. The fourth-order valence-electron chi connectivity index (χ4n) is 2.17. The van der Waals surface area contributed by atoms with Crippen molar-refractivity contribution in [2.45, 2.75) is 26.2 Å². The summed E-state index contributed by atoms with van der Waals surface area (Å²) < 4.78 is 0. The lowest BCUT2D eigenvalue weighted by Gasteiger charge is -2.22. The first-order valence-electron chi connectivity index (χ1n) is 5.73. The van der Waals surface area contributed by atoms with E-state index in [-0.39, 0.29) is 5.41 Å². The van der Waals surface area contributed by atoms with Crippen molar-refractivity contribution in [3.63, 3.8) is 0 Å². The summed E-state index contributed by atoms with van der Waals surface area (Å²) in [5.74, 6) is 2.75. The standard InChI is InChI=1S/C16H17N/c1-5-11-7-6-8-12-14(17)10-9-13(15(11)12)16(2,3)4/h1,6-10H,17H2,2-4H3. The van der Waals surface area contributed by atoms with E-state index in [9.17, 15) is 0 Å². The van der Waals surface area contributed by atoms with Crippen LogP contribution < -0.4 is 5.73 Å². The molecule has 0 aliphatic rings. The Balaban J connectivity index is 2.98. The summed E-state index contributed by atoms with van der Waals surface area (Å²) in [6, 6.07) is 10.00. The minimum atomic E-state index is 0.0545. The Hall–Kier alpha value is -1.94. The Morgan fingerprint density at radius 3 is 2.41 bits per heavy atom. The van der Waals surface area contributed by atoms with Gasteiger partial charge in [0, 0.05) is 22.0 Å². The third-order valence-corrected chi connectivity index (χ3v) is 3.04. The van der Waals surface area contributed by atoms with Crippen LogP contribution in [0.15, 0.2) is 30.3 Å². The monoisotopic (exact) mass is 223 g/mol. The van der Waals surface area contributed by atoms with Gasteiger partial charge in [-0.3, -0.25) is 0 Å². The second-order valence-electron chi connectivity index (χ2n) is 5.32. The van der Waals surface area contributed by atoms with Gasteiger partial charge >= 0.3 is 0 Å². The first-order chi connectivity index (χ1) is 7.95. The summed E-state index contributed by atoms with van der Waals surface area (Å²) >= 11 is 0. The lowest BCUT2D eigenvalue weighted by Crippen LogP contribution is -2.12. The van der Waals surface area contributed by atoms with Crippen LogP contribution in [0.25, 0.3) is 10.8 Å². The molecule has 0 aliphatic heterocycles. The van der Waals surface area contributed by atoms with Gasteiger partial charge in [-0.2, -0.15) is 0 Å². The second kappa shape index (κ2) is 3.82. The summed E-state index contributed by atoms with van der Waals surface area (Å²) in [4.78, 5) is 0. The van der Waals surface area contributed by atoms with E-state index < -0.39 is 0 Å². The second-order valence-corrected chi connectivity index (χ2v) is 5.32. The van der Waals surface area contributed by atoms with Gasteiger partial charge in [0.2, 0.25) is 0 Å². The predicted octanol–water partition coefficient (Wildman–Crippen LogP) is 3.70. The molecule has 0 fully saturated rings. The lowest BCUT2D eigenvalue weighted by atomic mass is 9.82. The van der Waals surface area contributed by atoms with E-state index in [0.29, 0.717) is 0 Å². The zero-order valence-electron chi connectivity index (χ0n) is 10.5. The number of hydrogen-bond donors (Lipinski definition) is 1. The van der Waals surface area contributed by atoms with Gasteiger partial charge in [0.15, 0.2) is 0 Å². The van der Waals surface area contributed by atoms with E-state index in [0.717, 1.165) is 22.0 Å². The topological polar surface area (TPSA) is 26.0 Å². The Morgan fingerprint density at radius 1 is 1.12 bits per heavy atom. The van der Waals surface area contributed by atoms with E-state index in [1.807, 2.05) is 24.3 Å². The molecule has 0 heterocycles. The van der Waals surface area contributed by atoms with Crippen LogP contribution in [0.2, 0.25) is 0 Å². The van der Waals surface area contributed by atoms with Gasteiger partial charge in [0.1, 0.15) is 0 Å². The largest absolute Gasteiger partial charge is 0.398 e. The molecule has 1 heteroatoms. The molecule has 0 radical (unpaired) electrons. The highest BCUT2D eigenvalue weighted by Gasteiger charge is 2.18. The number of anilines is 1. The van der Waals surface area contributed by atoms with E-state index in [1.165, 1.54) is 5.56 Å². The van der Waals surface area contributed by atoms with Gasteiger partial charge in [-0.05, 0) is 23.1 Å². The number of nitrogens with two attached hydrogens (primary N) is 1. The van der Waals surface area contributed by atoms with Crippen molar-refractivity contribution in [1.82, 2.24) is 0 Å². The van der Waals surface area contributed by atoms with Crippen LogP contribution in [-0.2, 0) is 5.41 Å². The summed E-state index contributed by atoms with van der Waals surface area (Å²) in [5, 5.41) is 2.16. The van der Waals surface area contributed by atoms with Gasteiger partial charge in [0.25, 0.3) is 0 Å². The summed E-state index contributed by atoms with van der Waals surface area (Å²) in [6.07, 6.45) is 5.59. The van der Waals surface area contributed by atoms with Crippen LogP contribution in [0.1, 0.15) is 31.9 Å². The lowest BCUT2D eigenvalue weighted by molar-refractivity contribution is 0.596. The van der Waals surface area contributed by atoms with Gasteiger partial charge in [-0.1, -0.05) is 44.9 Å². The first-order valence-corrected chi connectivity index (χ1v) is 5.73. The van der Waals surface area contributed by atoms with Crippen LogP contribution in [-0.4, -0.2) is 0 Å². The van der Waals surface area contributed by atoms with Crippen molar-refractivity contribution < 1.29 is 0 Å². The Kier molecular flexibility index (Phi) is 2.59. The predicted molar refractivity (Wildman–Crippen MR) is 75.0 cm³/mol. The molecule has 2 rings (SSSR count). The van der Waals surface area contributed by atoms with Gasteiger partial charge < -0.3 is 5.73 Å². The third-order valence-electron chi connectivity index (χ3n) is 3.04. The maximum atomic E-state index is 6.02. The van der Waals surface area contributed by atoms with E-state index in [4.69, 9.17) is 12.2 Å². The van der Waals surface area contributed by atoms with E-state index in [1.54, 1.807) is 0 Å². The normalized spacial score (nSPS) is 11.4. The number of benzene rings is 2. The average molecular weight is 223 g/mol. The van der Waals surface area contributed by atoms with Crippen molar-refractivity contribution in [3.05, 3.63) is 41.5 Å². The van der Waals surface area contributed by atoms with Crippen LogP contribution in [0.3, 0.4) is 0 Å². The fraction of sp³-hybridized carbons (Fsp3) is 0.250.